The summed E-state index contributed by atoms with van der Waals surface area (Å²) in [5, 5.41) is 0.562. The number of fused-ring (bicyclic) bond motifs is 1. The van der Waals surface area contributed by atoms with Gasteiger partial charge in [0.05, 0.1) is 17.2 Å². The lowest BCUT2D eigenvalue weighted by molar-refractivity contribution is -0.137. The molecule has 5 heteroatoms. The van der Waals surface area contributed by atoms with Crippen molar-refractivity contribution < 1.29 is 4.79 Å². The quantitative estimate of drug-likeness (QED) is 0.875. The lowest BCUT2D eigenvalue weighted by Gasteiger charge is -2.32. The molecule has 0 bridgehead atoms. The van der Waals surface area contributed by atoms with Crippen molar-refractivity contribution in [3.63, 3.8) is 0 Å². The number of piperidine rings is 1. The van der Waals surface area contributed by atoms with Gasteiger partial charge in [0.25, 0.3) is 5.56 Å². The first-order valence-electron chi connectivity index (χ1n) is 8.34. The predicted octanol–water partition coefficient (Wildman–Crippen LogP) is 2.61. The van der Waals surface area contributed by atoms with Gasteiger partial charge in [-0.1, -0.05) is 26.0 Å². The van der Waals surface area contributed by atoms with Gasteiger partial charge in [-0.25, -0.2) is 4.98 Å². The first kappa shape index (κ1) is 15.7. The molecule has 0 unspecified atom stereocenters. The summed E-state index contributed by atoms with van der Waals surface area (Å²) in [7, 11) is 0. The molecule has 0 radical (unpaired) electrons. The highest BCUT2D eigenvalue weighted by molar-refractivity contribution is 5.82. The standard InChI is InChI=1S/C18H23N3O2/c1-13(2)16(18(23)20-10-6-3-7-11-20)21-12-19-15-9-5-4-8-14(15)17(21)22/h4-5,8-9,12-13,16H,3,6-7,10-11H2,1-2H3/t16-/m0/s1. The molecular weight excluding hydrogens is 290 g/mol. The fraction of sp³-hybridized carbons (Fsp3) is 0.500. The molecule has 1 aromatic carbocycles. The van der Waals surface area contributed by atoms with Crippen LogP contribution in [-0.2, 0) is 4.79 Å². The summed E-state index contributed by atoms with van der Waals surface area (Å²) in [4.78, 5) is 32.0. The lowest BCUT2D eigenvalue weighted by Crippen LogP contribution is -2.44. The molecule has 2 aromatic rings. The third-order valence-corrected chi connectivity index (χ3v) is 4.54. The number of amides is 1. The Morgan fingerprint density at radius 3 is 2.52 bits per heavy atom. The highest BCUT2D eigenvalue weighted by Crippen LogP contribution is 2.22. The molecule has 122 valence electrons. The molecule has 1 aliphatic rings. The summed E-state index contributed by atoms with van der Waals surface area (Å²) in [6.07, 6.45) is 4.79. The summed E-state index contributed by atoms with van der Waals surface area (Å²) >= 11 is 0. The van der Waals surface area contributed by atoms with E-state index in [0.717, 1.165) is 25.9 Å². The lowest BCUT2D eigenvalue weighted by atomic mass is 10.0. The van der Waals surface area contributed by atoms with Gasteiger partial charge in [-0.05, 0) is 37.3 Å². The van der Waals surface area contributed by atoms with E-state index in [1.54, 1.807) is 6.07 Å². The molecule has 1 saturated heterocycles. The number of hydrogen-bond donors (Lipinski definition) is 0. The van der Waals surface area contributed by atoms with Gasteiger partial charge in [-0.15, -0.1) is 0 Å². The van der Waals surface area contributed by atoms with E-state index in [-0.39, 0.29) is 17.4 Å². The van der Waals surface area contributed by atoms with Crippen molar-refractivity contribution in [1.82, 2.24) is 14.5 Å². The summed E-state index contributed by atoms with van der Waals surface area (Å²) in [6.45, 7) is 5.54. The molecule has 0 saturated carbocycles. The van der Waals surface area contributed by atoms with E-state index < -0.39 is 6.04 Å². The highest BCUT2D eigenvalue weighted by atomic mass is 16.2. The van der Waals surface area contributed by atoms with Crippen LogP contribution in [0.5, 0.6) is 0 Å². The molecule has 1 aliphatic heterocycles. The molecule has 0 aliphatic carbocycles. The first-order chi connectivity index (χ1) is 11.1. The zero-order chi connectivity index (χ0) is 16.4. The van der Waals surface area contributed by atoms with Crippen LogP contribution in [0.4, 0.5) is 0 Å². The van der Waals surface area contributed by atoms with Crippen molar-refractivity contribution in [2.45, 2.75) is 39.2 Å². The maximum atomic E-state index is 13.0. The average molecular weight is 313 g/mol. The first-order valence-corrected chi connectivity index (χ1v) is 8.34. The van der Waals surface area contributed by atoms with Crippen LogP contribution in [0.15, 0.2) is 35.4 Å². The minimum Gasteiger partial charge on any atom is -0.341 e. The van der Waals surface area contributed by atoms with Crippen LogP contribution < -0.4 is 5.56 Å². The normalized spacial score (nSPS) is 16.7. The molecule has 1 aromatic heterocycles. The molecule has 5 nitrogen and oxygen atoms in total. The van der Waals surface area contributed by atoms with E-state index in [9.17, 15) is 9.59 Å². The molecule has 0 spiro atoms. The molecule has 1 amide bonds. The molecule has 2 heterocycles. The highest BCUT2D eigenvalue weighted by Gasteiger charge is 2.30. The molecule has 23 heavy (non-hydrogen) atoms. The second-order valence-corrected chi connectivity index (χ2v) is 6.55. The van der Waals surface area contributed by atoms with Crippen molar-refractivity contribution in [1.29, 1.82) is 0 Å². The van der Waals surface area contributed by atoms with Crippen molar-refractivity contribution in [3.8, 4) is 0 Å². The van der Waals surface area contributed by atoms with Crippen molar-refractivity contribution in [2.24, 2.45) is 5.92 Å². The van der Waals surface area contributed by atoms with Crippen LogP contribution in [0.3, 0.4) is 0 Å². The van der Waals surface area contributed by atoms with Crippen molar-refractivity contribution >= 4 is 16.8 Å². The van der Waals surface area contributed by atoms with Crippen LogP contribution in [0.1, 0.15) is 39.2 Å². The number of carbonyl (C=O) groups excluding carboxylic acids is 1. The van der Waals surface area contributed by atoms with Gasteiger partial charge >= 0.3 is 0 Å². The zero-order valence-corrected chi connectivity index (χ0v) is 13.7. The third kappa shape index (κ3) is 3.00. The number of nitrogens with zero attached hydrogens (tertiary/aromatic N) is 3. The Bertz CT molecular complexity index is 760. The number of aromatic nitrogens is 2. The van der Waals surface area contributed by atoms with E-state index in [4.69, 9.17) is 0 Å². The Morgan fingerprint density at radius 2 is 1.83 bits per heavy atom. The maximum Gasteiger partial charge on any atom is 0.261 e. The molecular formula is C18H23N3O2. The fourth-order valence-electron chi connectivity index (χ4n) is 3.31. The van der Waals surface area contributed by atoms with Crippen LogP contribution in [0, 0.1) is 5.92 Å². The van der Waals surface area contributed by atoms with Gasteiger partial charge in [0.1, 0.15) is 6.04 Å². The Kier molecular flexibility index (Phi) is 4.46. The third-order valence-electron chi connectivity index (χ3n) is 4.54. The number of rotatable bonds is 3. The van der Waals surface area contributed by atoms with E-state index in [1.807, 2.05) is 36.9 Å². The smallest absolute Gasteiger partial charge is 0.261 e. The Balaban J connectivity index is 2.03. The van der Waals surface area contributed by atoms with E-state index >= 15 is 0 Å². The van der Waals surface area contributed by atoms with E-state index in [2.05, 4.69) is 4.98 Å². The number of hydrogen-bond acceptors (Lipinski definition) is 3. The van der Waals surface area contributed by atoms with Crippen molar-refractivity contribution in [3.05, 3.63) is 40.9 Å². The summed E-state index contributed by atoms with van der Waals surface area (Å²) in [5.41, 5.74) is 0.529. The topological polar surface area (TPSA) is 55.2 Å². The second-order valence-electron chi connectivity index (χ2n) is 6.55. The monoisotopic (exact) mass is 313 g/mol. The summed E-state index contributed by atoms with van der Waals surface area (Å²) in [6, 6.07) is 6.78. The summed E-state index contributed by atoms with van der Waals surface area (Å²) < 4.78 is 1.52. The number of benzene rings is 1. The predicted molar refractivity (Wildman–Crippen MR) is 90.3 cm³/mol. The fourth-order valence-corrected chi connectivity index (χ4v) is 3.31. The molecule has 1 fully saturated rings. The van der Waals surface area contributed by atoms with E-state index in [0.29, 0.717) is 10.9 Å². The van der Waals surface area contributed by atoms with Crippen LogP contribution >= 0.6 is 0 Å². The summed E-state index contributed by atoms with van der Waals surface area (Å²) in [5.74, 6) is 0.0731. The minimum atomic E-state index is -0.488. The number of carbonyl (C=O) groups is 1. The van der Waals surface area contributed by atoms with Gasteiger partial charge in [0, 0.05) is 13.1 Å². The van der Waals surface area contributed by atoms with Gasteiger partial charge in [-0.2, -0.15) is 0 Å². The van der Waals surface area contributed by atoms with Gasteiger partial charge < -0.3 is 4.90 Å². The minimum absolute atomic E-state index is 0.0325. The molecule has 3 rings (SSSR count). The number of likely N-dealkylation sites (tertiary alicyclic amines) is 1. The Labute approximate surface area is 135 Å². The van der Waals surface area contributed by atoms with Gasteiger partial charge in [0.2, 0.25) is 5.91 Å². The Morgan fingerprint density at radius 1 is 1.13 bits per heavy atom. The number of para-hydroxylation sites is 1. The molecule has 0 N–H and O–H groups in total. The second kappa shape index (κ2) is 6.52. The van der Waals surface area contributed by atoms with Gasteiger partial charge in [-0.3, -0.25) is 14.2 Å². The maximum absolute atomic E-state index is 13.0. The van der Waals surface area contributed by atoms with E-state index in [1.165, 1.54) is 17.3 Å². The van der Waals surface area contributed by atoms with Crippen LogP contribution in [0.25, 0.3) is 10.9 Å². The van der Waals surface area contributed by atoms with Crippen LogP contribution in [0.2, 0.25) is 0 Å². The average Bonchev–Trinajstić information content (AvgIpc) is 2.58. The zero-order valence-electron chi connectivity index (χ0n) is 13.7. The largest absolute Gasteiger partial charge is 0.341 e. The molecule has 1 atom stereocenters. The Hall–Kier alpha value is -2.17. The van der Waals surface area contributed by atoms with Gasteiger partial charge in [0.15, 0.2) is 0 Å². The van der Waals surface area contributed by atoms with Crippen molar-refractivity contribution in [2.75, 3.05) is 13.1 Å². The van der Waals surface area contributed by atoms with Crippen LogP contribution in [-0.4, -0.2) is 33.4 Å². The SMILES string of the molecule is CC(C)[C@@H](C(=O)N1CCCCC1)n1cnc2ccccc2c1=O.